The molecule has 13 heteroatoms. The molecule has 0 aliphatic rings. The van der Waals surface area contributed by atoms with Gasteiger partial charge in [0.15, 0.2) is 5.96 Å². The molecule has 3 amide bonds. The molecular formula is C29H46N8O5. The standard InChI is InChI=1S/C29H46N8O5/c1-5-17(4)24(30)27(40)36-22(14-18-15-34-20-10-7-6-9-19(18)20)26(39)35-21(11-8-12-33-29(31)32)25(38)37-23(28(41)42)13-16(2)3/h6-7,9-10,15-17,21-24,34H,5,8,11-14,30H2,1-4H3,(H,35,39)(H,36,40)(H,37,38)(H,41,42)(H4,31,32,33). The Morgan fingerprint density at radius 1 is 0.952 bits per heavy atom. The average molecular weight is 587 g/mol. The van der Waals surface area contributed by atoms with Crippen LogP contribution in [0.2, 0.25) is 0 Å². The lowest BCUT2D eigenvalue weighted by Crippen LogP contribution is -2.58. The van der Waals surface area contributed by atoms with Gasteiger partial charge in [-0.05, 0) is 42.7 Å². The number of amides is 3. The molecule has 0 bridgehead atoms. The second-order valence-corrected chi connectivity index (χ2v) is 11.1. The summed E-state index contributed by atoms with van der Waals surface area (Å²) < 4.78 is 0. The van der Waals surface area contributed by atoms with Crippen LogP contribution in [0.3, 0.4) is 0 Å². The third kappa shape index (κ3) is 10.4. The van der Waals surface area contributed by atoms with Crippen LogP contribution >= 0.6 is 0 Å². The molecule has 5 atom stereocenters. The highest BCUT2D eigenvalue weighted by atomic mass is 16.4. The van der Waals surface area contributed by atoms with E-state index in [-0.39, 0.29) is 43.6 Å². The van der Waals surface area contributed by atoms with Crippen LogP contribution in [0.5, 0.6) is 0 Å². The van der Waals surface area contributed by atoms with Gasteiger partial charge in [-0.1, -0.05) is 52.3 Å². The zero-order valence-corrected chi connectivity index (χ0v) is 24.9. The topological polar surface area (TPSA) is 231 Å². The summed E-state index contributed by atoms with van der Waals surface area (Å²) >= 11 is 0. The second-order valence-electron chi connectivity index (χ2n) is 11.1. The molecule has 5 unspecified atom stereocenters. The molecule has 1 aromatic carbocycles. The number of hydrogen-bond acceptors (Lipinski definition) is 6. The van der Waals surface area contributed by atoms with Crippen LogP contribution in [0.15, 0.2) is 35.5 Å². The van der Waals surface area contributed by atoms with E-state index in [1.165, 1.54) is 0 Å². The molecule has 0 fully saturated rings. The maximum Gasteiger partial charge on any atom is 0.326 e. The minimum atomic E-state index is -1.17. The predicted molar refractivity (Wildman–Crippen MR) is 162 cm³/mol. The summed E-state index contributed by atoms with van der Waals surface area (Å²) in [4.78, 5) is 58.9. The lowest BCUT2D eigenvalue weighted by molar-refractivity contribution is -0.142. The summed E-state index contributed by atoms with van der Waals surface area (Å²) in [6.07, 6.45) is 3.24. The van der Waals surface area contributed by atoms with Gasteiger partial charge in [-0.15, -0.1) is 0 Å². The molecule has 2 aromatic rings. The quantitative estimate of drug-likeness (QED) is 0.0746. The fraction of sp³-hybridized carbons (Fsp3) is 0.552. The minimum Gasteiger partial charge on any atom is -0.480 e. The van der Waals surface area contributed by atoms with E-state index in [1.807, 2.05) is 52.0 Å². The van der Waals surface area contributed by atoms with Crippen LogP contribution in [0.25, 0.3) is 10.9 Å². The Kier molecular flexibility index (Phi) is 13.3. The van der Waals surface area contributed by atoms with E-state index in [2.05, 4.69) is 25.9 Å². The summed E-state index contributed by atoms with van der Waals surface area (Å²) in [6, 6.07) is 3.43. The van der Waals surface area contributed by atoms with Crippen LogP contribution in [0, 0.1) is 11.8 Å². The van der Waals surface area contributed by atoms with E-state index in [9.17, 15) is 24.3 Å². The summed E-state index contributed by atoms with van der Waals surface area (Å²) in [5.74, 6) is -3.15. The zero-order chi connectivity index (χ0) is 31.4. The fourth-order valence-corrected chi connectivity index (χ4v) is 4.52. The molecule has 0 aliphatic heterocycles. The van der Waals surface area contributed by atoms with Crippen LogP contribution in [0.4, 0.5) is 0 Å². The number of nitrogens with zero attached hydrogens (tertiary/aromatic N) is 1. The number of guanidine groups is 1. The van der Waals surface area contributed by atoms with E-state index in [0.29, 0.717) is 12.8 Å². The minimum absolute atomic E-state index is 0.00629. The molecule has 0 aliphatic carbocycles. The first-order valence-electron chi connectivity index (χ1n) is 14.3. The Hall–Kier alpha value is -4.13. The highest BCUT2D eigenvalue weighted by Gasteiger charge is 2.31. The van der Waals surface area contributed by atoms with Crippen molar-refractivity contribution in [1.29, 1.82) is 0 Å². The number of aromatic amines is 1. The Labute approximate surface area is 246 Å². The number of nitrogens with two attached hydrogens (primary N) is 3. The lowest BCUT2D eigenvalue weighted by Gasteiger charge is -2.26. The number of aromatic nitrogens is 1. The number of benzene rings is 1. The summed E-state index contributed by atoms with van der Waals surface area (Å²) in [7, 11) is 0. The van der Waals surface area contributed by atoms with Gasteiger partial charge in [0.2, 0.25) is 17.7 Å². The number of carboxylic acids is 1. The summed E-state index contributed by atoms with van der Waals surface area (Å²) in [5.41, 5.74) is 18.6. The monoisotopic (exact) mass is 586 g/mol. The van der Waals surface area contributed by atoms with Gasteiger partial charge in [-0.25, -0.2) is 4.79 Å². The first-order valence-corrected chi connectivity index (χ1v) is 14.3. The maximum atomic E-state index is 13.7. The Bertz CT molecular complexity index is 1240. The van der Waals surface area contributed by atoms with Crippen molar-refractivity contribution < 1.29 is 24.3 Å². The van der Waals surface area contributed by atoms with Crippen molar-refractivity contribution in [1.82, 2.24) is 20.9 Å². The van der Waals surface area contributed by atoms with Crippen molar-refractivity contribution in [2.45, 2.75) is 84.0 Å². The summed E-state index contributed by atoms with van der Waals surface area (Å²) in [6.45, 7) is 7.67. The van der Waals surface area contributed by atoms with Crippen molar-refractivity contribution in [3.63, 3.8) is 0 Å². The van der Waals surface area contributed by atoms with Crippen molar-refractivity contribution in [2.24, 2.45) is 34.0 Å². The highest BCUT2D eigenvalue weighted by Crippen LogP contribution is 2.20. The molecule has 1 aromatic heterocycles. The molecule has 0 radical (unpaired) electrons. The van der Waals surface area contributed by atoms with Gasteiger partial charge in [0.1, 0.15) is 18.1 Å². The van der Waals surface area contributed by atoms with Crippen molar-refractivity contribution in [3.05, 3.63) is 36.0 Å². The smallest absolute Gasteiger partial charge is 0.326 e. The van der Waals surface area contributed by atoms with Gasteiger partial charge in [-0.2, -0.15) is 0 Å². The highest BCUT2D eigenvalue weighted by molar-refractivity contribution is 5.95. The van der Waals surface area contributed by atoms with Crippen molar-refractivity contribution in [3.8, 4) is 0 Å². The van der Waals surface area contributed by atoms with E-state index >= 15 is 0 Å². The van der Waals surface area contributed by atoms with E-state index in [1.54, 1.807) is 6.20 Å². The summed E-state index contributed by atoms with van der Waals surface area (Å²) in [5, 5.41) is 18.6. The molecular weight excluding hydrogens is 540 g/mol. The molecule has 11 N–H and O–H groups in total. The van der Waals surface area contributed by atoms with E-state index in [4.69, 9.17) is 17.2 Å². The third-order valence-corrected chi connectivity index (χ3v) is 7.19. The number of fused-ring (bicyclic) bond motifs is 1. The number of rotatable bonds is 17. The first kappa shape index (κ1) is 34.1. The van der Waals surface area contributed by atoms with Gasteiger partial charge in [0.25, 0.3) is 0 Å². The third-order valence-electron chi connectivity index (χ3n) is 7.19. The normalized spacial score (nSPS) is 14.8. The maximum absolute atomic E-state index is 13.7. The van der Waals surface area contributed by atoms with Gasteiger partial charge >= 0.3 is 5.97 Å². The SMILES string of the molecule is CCC(C)C(N)C(=O)NC(Cc1c[nH]c2ccccc12)C(=O)NC(CCCN=C(N)N)C(=O)NC(CC(C)C)C(=O)O. The average Bonchev–Trinajstić information content (AvgIpc) is 3.35. The van der Waals surface area contributed by atoms with Gasteiger partial charge in [0.05, 0.1) is 6.04 Å². The van der Waals surface area contributed by atoms with Gasteiger partial charge in [0, 0.05) is 30.1 Å². The number of para-hydroxylation sites is 1. The van der Waals surface area contributed by atoms with Crippen LogP contribution in [-0.2, 0) is 25.6 Å². The zero-order valence-electron chi connectivity index (χ0n) is 24.9. The first-order chi connectivity index (χ1) is 19.8. The van der Waals surface area contributed by atoms with Crippen LogP contribution in [-0.4, -0.2) is 70.5 Å². The number of hydrogen-bond donors (Lipinski definition) is 8. The predicted octanol–water partition coefficient (Wildman–Crippen LogP) is 0.723. The van der Waals surface area contributed by atoms with Gasteiger partial charge in [-0.3, -0.25) is 19.4 Å². The van der Waals surface area contributed by atoms with Crippen LogP contribution < -0.4 is 33.2 Å². The molecule has 0 saturated heterocycles. The number of aliphatic imine (C=N–C) groups is 1. The Balaban J connectivity index is 2.34. The number of aliphatic carboxylic acids is 1. The lowest BCUT2D eigenvalue weighted by atomic mass is 9.98. The largest absolute Gasteiger partial charge is 0.480 e. The Morgan fingerprint density at radius 2 is 1.57 bits per heavy atom. The number of nitrogens with one attached hydrogen (secondary N) is 4. The fourth-order valence-electron chi connectivity index (χ4n) is 4.52. The van der Waals surface area contributed by atoms with E-state index in [0.717, 1.165) is 16.5 Å². The molecule has 0 saturated carbocycles. The number of carbonyl (C=O) groups is 4. The van der Waals surface area contributed by atoms with Gasteiger partial charge < -0.3 is 43.2 Å². The molecule has 0 spiro atoms. The molecule has 2 rings (SSSR count). The number of carboxylic acid groups (broad SMARTS) is 1. The van der Waals surface area contributed by atoms with Crippen molar-refractivity contribution in [2.75, 3.05) is 6.54 Å². The molecule has 13 nitrogen and oxygen atoms in total. The molecule has 232 valence electrons. The second kappa shape index (κ2) is 16.3. The number of carbonyl (C=O) groups excluding carboxylic acids is 3. The molecule has 1 heterocycles. The van der Waals surface area contributed by atoms with E-state index < -0.39 is 47.9 Å². The molecule has 42 heavy (non-hydrogen) atoms. The number of H-pyrrole nitrogens is 1. The van der Waals surface area contributed by atoms with Crippen molar-refractivity contribution >= 4 is 40.6 Å². The van der Waals surface area contributed by atoms with Crippen LogP contribution in [0.1, 0.15) is 58.9 Å². The Morgan fingerprint density at radius 3 is 2.19 bits per heavy atom.